The van der Waals surface area contributed by atoms with Crippen molar-refractivity contribution >= 4 is 5.91 Å². The van der Waals surface area contributed by atoms with Gasteiger partial charge < -0.3 is 15.4 Å². The molecule has 5 nitrogen and oxygen atoms in total. The molecule has 0 aromatic carbocycles. The summed E-state index contributed by atoms with van der Waals surface area (Å²) in [5.74, 6) is 0.847. The number of amides is 1. The number of aromatic nitrogens is 1. The molecule has 5 heteroatoms. The molecule has 3 rings (SSSR count). The van der Waals surface area contributed by atoms with Gasteiger partial charge in [-0.1, -0.05) is 6.42 Å². The van der Waals surface area contributed by atoms with Crippen molar-refractivity contribution in [3.05, 3.63) is 23.9 Å². The molecule has 2 N–H and O–H groups in total. The molecule has 138 valence electrons. The molecule has 1 aromatic rings. The minimum Gasteiger partial charge on any atom is -0.474 e. The van der Waals surface area contributed by atoms with Crippen LogP contribution in [0.3, 0.4) is 0 Å². The molecule has 1 amide bonds. The van der Waals surface area contributed by atoms with Crippen molar-refractivity contribution in [1.82, 2.24) is 15.6 Å². The fraction of sp³-hybridized carbons (Fsp3) is 0.700. The molecule has 0 spiro atoms. The molecule has 2 saturated carbocycles. The van der Waals surface area contributed by atoms with Crippen LogP contribution < -0.4 is 15.4 Å². The van der Waals surface area contributed by atoms with Crippen LogP contribution in [-0.4, -0.2) is 29.1 Å². The maximum atomic E-state index is 11.1. The molecule has 1 aromatic heterocycles. The number of hydrogen-bond donors (Lipinski definition) is 2. The largest absolute Gasteiger partial charge is 0.474 e. The summed E-state index contributed by atoms with van der Waals surface area (Å²) in [6, 6.07) is 5.02. The van der Waals surface area contributed by atoms with E-state index in [1.165, 1.54) is 24.8 Å². The summed E-state index contributed by atoms with van der Waals surface area (Å²) in [4.78, 5) is 15.5. The van der Waals surface area contributed by atoms with E-state index in [2.05, 4.69) is 27.8 Å². The van der Waals surface area contributed by atoms with Crippen molar-refractivity contribution in [2.24, 2.45) is 0 Å². The Bertz CT molecular complexity index is 550. The van der Waals surface area contributed by atoms with Gasteiger partial charge in [-0.2, -0.15) is 0 Å². The minimum absolute atomic E-state index is 0.0821. The van der Waals surface area contributed by atoms with Crippen LogP contribution in [0.1, 0.15) is 70.3 Å². The van der Waals surface area contributed by atoms with Gasteiger partial charge in [-0.3, -0.25) is 4.79 Å². The van der Waals surface area contributed by atoms with Crippen LogP contribution in [0.4, 0.5) is 0 Å². The molecule has 1 heterocycles. The van der Waals surface area contributed by atoms with E-state index in [1.807, 2.05) is 6.20 Å². The van der Waals surface area contributed by atoms with Gasteiger partial charge in [-0.25, -0.2) is 4.98 Å². The van der Waals surface area contributed by atoms with Crippen LogP contribution in [0.25, 0.3) is 0 Å². The number of ether oxygens (including phenoxy) is 1. The number of nitrogens with one attached hydrogen (secondary N) is 2. The average Bonchev–Trinajstić information content (AvgIpc) is 2.62. The van der Waals surface area contributed by atoms with Gasteiger partial charge in [0.1, 0.15) is 6.10 Å². The zero-order valence-corrected chi connectivity index (χ0v) is 15.3. The van der Waals surface area contributed by atoms with E-state index >= 15 is 0 Å². The van der Waals surface area contributed by atoms with E-state index < -0.39 is 0 Å². The van der Waals surface area contributed by atoms with Gasteiger partial charge in [-0.05, 0) is 63.0 Å². The summed E-state index contributed by atoms with van der Waals surface area (Å²) in [5.41, 5.74) is 1.23. The zero-order chi connectivity index (χ0) is 17.5. The number of pyridine rings is 1. The molecule has 2 aliphatic rings. The lowest BCUT2D eigenvalue weighted by Gasteiger charge is -2.29. The second-order valence-corrected chi connectivity index (χ2v) is 7.51. The van der Waals surface area contributed by atoms with Gasteiger partial charge in [0.25, 0.3) is 0 Å². The fourth-order valence-corrected chi connectivity index (χ4v) is 3.97. The lowest BCUT2D eigenvalue weighted by molar-refractivity contribution is -0.119. The highest BCUT2D eigenvalue weighted by atomic mass is 16.5. The van der Waals surface area contributed by atoms with Crippen LogP contribution in [-0.2, 0) is 11.3 Å². The van der Waals surface area contributed by atoms with Crippen LogP contribution >= 0.6 is 0 Å². The quantitative estimate of drug-likeness (QED) is 0.830. The Labute approximate surface area is 150 Å². The first-order valence-corrected chi connectivity index (χ1v) is 9.81. The Morgan fingerprint density at radius 2 is 1.84 bits per heavy atom. The number of nitrogens with zero attached hydrogens (tertiary/aromatic N) is 1. The lowest BCUT2D eigenvalue weighted by atomic mass is 9.91. The third-order valence-electron chi connectivity index (χ3n) is 5.37. The number of hydrogen-bond acceptors (Lipinski definition) is 4. The Morgan fingerprint density at radius 1 is 1.12 bits per heavy atom. The average molecular weight is 345 g/mol. The SMILES string of the molecule is CC(=O)NC1CCC(NCc2ccnc(OC3CCCCC3)c2)CC1. The number of rotatable bonds is 6. The van der Waals surface area contributed by atoms with Crippen LogP contribution in [0, 0.1) is 0 Å². The molecule has 2 aliphatic carbocycles. The Balaban J connectivity index is 1.42. The summed E-state index contributed by atoms with van der Waals surface area (Å²) in [6.45, 7) is 2.44. The summed E-state index contributed by atoms with van der Waals surface area (Å²) in [6.07, 6.45) is 12.7. The lowest BCUT2D eigenvalue weighted by Crippen LogP contribution is -2.41. The van der Waals surface area contributed by atoms with Crippen molar-refractivity contribution in [3.63, 3.8) is 0 Å². The molecule has 0 bridgehead atoms. The normalized spacial score (nSPS) is 24.7. The van der Waals surface area contributed by atoms with Crippen LogP contribution in [0.5, 0.6) is 5.88 Å². The van der Waals surface area contributed by atoms with E-state index in [1.54, 1.807) is 6.92 Å². The van der Waals surface area contributed by atoms with Crippen LogP contribution in [0.2, 0.25) is 0 Å². The van der Waals surface area contributed by atoms with Gasteiger partial charge in [-0.15, -0.1) is 0 Å². The monoisotopic (exact) mass is 345 g/mol. The van der Waals surface area contributed by atoms with Crippen molar-refractivity contribution in [3.8, 4) is 5.88 Å². The summed E-state index contributed by atoms with van der Waals surface area (Å²) < 4.78 is 6.06. The maximum Gasteiger partial charge on any atom is 0.217 e. The molecular formula is C20H31N3O2. The van der Waals surface area contributed by atoms with Gasteiger partial charge in [0.15, 0.2) is 0 Å². The van der Waals surface area contributed by atoms with Crippen LogP contribution in [0.15, 0.2) is 18.3 Å². The smallest absolute Gasteiger partial charge is 0.217 e. The maximum absolute atomic E-state index is 11.1. The predicted octanol–water partition coefficient (Wildman–Crippen LogP) is 3.33. The second kappa shape index (κ2) is 9.18. The van der Waals surface area contributed by atoms with Gasteiger partial charge in [0, 0.05) is 37.8 Å². The highest BCUT2D eigenvalue weighted by Crippen LogP contribution is 2.23. The Kier molecular flexibility index (Phi) is 6.68. The summed E-state index contributed by atoms with van der Waals surface area (Å²) in [7, 11) is 0. The predicted molar refractivity (Wildman–Crippen MR) is 98.4 cm³/mol. The first-order chi connectivity index (χ1) is 12.2. The van der Waals surface area contributed by atoms with Crippen molar-refractivity contribution in [2.75, 3.05) is 0 Å². The first-order valence-electron chi connectivity index (χ1n) is 9.81. The molecule has 0 radical (unpaired) electrons. The van der Waals surface area contributed by atoms with Crippen molar-refractivity contribution in [2.45, 2.75) is 89.4 Å². The van der Waals surface area contributed by atoms with Gasteiger partial charge >= 0.3 is 0 Å². The van der Waals surface area contributed by atoms with Crippen molar-refractivity contribution < 1.29 is 9.53 Å². The Morgan fingerprint density at radius 3 is 2.56 bits per heavy atom. The van der Waals surface area contributed by atoms with E-state index in [9.17, 15) is 4.79 Å². The third kappa shape index (κ3) is 5.99. The zero-order valence-electron chi connectivity index (χ0n) is 15.3. The number of carbonyl (C=O) groups is 1. The topological polar surface area (TPSA) is 63.2 Å². The van der Waals surface area contributed by atoms with Gasteiger partial charge in [0.05, 0.1) is 0 Å². The van der Waals surface area contributed by atoms with E-state index in [0.717, 1.165) is 50.9 Å². The molecule has 2 fully saturated rings. The molecular weight excluding hydrogens is 314 g/mol. The highest BCUT2D eigenvalue weighted by Gasteiger charge is 2.21. The Hall–Kier alpha value is -1.62. The molecule has 0 atom stereocenters. The summed E-state index contributed by atoms with van der Waals surface area (Å²) >= 11 is 0. The molecule has 0 aliphatic heterocycles. The van der Waals surface area contributed by atoms with E-state index in [-0.39, 0.29) is 5.91 Å². The molecule has 25 heavy (non-hydrogen) atoms. The third-order valence-corrected chi connectivity index (χ3v) is 5.37. The molecule has 0 saturated heterocycles. The van der Waals surface area contributed by atoms with Crippen molar-refractivity contribution in [1.29, 1.82) is 0 Å². The fourth-order valence-electron chi connectivity index (χ4n) is 3.97. The van der Waals surface area contributed by atoms with E-state index in [0.29, 0.717) is 18.2 Å². The minimum atomic E-state index is 0.0821. The summed E-state index contributed by atoms with van der Waals surface area (Å²) in [5, 5.41) is 6.68. The highest BCUT2D eigenvalue weighted by molar-refractivity contribution is 5.73. The number of carbonyl (C=O) groups excluding carboxylic acids is 1. The standard InChI is InChI=1S/C20H31N3O2/c1-15(24)23-18-9-7-17(8-10-18)22-14-16-11-12-21-20(13-16)25-19-5-3-2-4-6-19/h11-13,17-19,22H,2-10,14H2,1H3,(H,23,24). The van der Waals surface area contributed by atoms with Gasteiger partial charge in [0.2, 0.25) is 11.8 Å². The van der Waals surface area contributed by atoms with E-state index in [4.69, 9.17) is 4.74 Å². The molecule has 0 unspecified atom stereocenters. The second-order valence-electron chi connectivity index (χ2n) is 7.51. The first kappa shape index (κ1) is 18.2.